The molecular weight excluding hydrogens is 426 g/mol. The van der Waals surface area contributed by atoms with E-state index in [0.29, 0.717) is 22.3 Å². The number of hydrogen-bond acceptors (Lipinski definition) is 6. The molecular formula is C23H27N5O3S. The first-order valence-corrected chi connectivity index (χ1v) is 11.1. The van der Waals surface area contributed by atoms with Gasteiger partial charge in [0.05, 0.1) is 18.9 Å². The fraction of sp³-hybridized carbons (Fsp3) is 0.304. The summed E-state index contributed by atoms with van der Waals surface area (Å²) < 4.78 is 6.90. The minimum absolute atomic E-state index is 0.122. The lowest BCUT2D eigenvalue weighted by Crippen LogP contribution is -2.28. The Bertz CT molecular complexity index is 1110. The maximum absolute atomic E-state index is 12.5. The lowest BCUT2D eigenvalue weighted by Gasteiger charge is -2.14. The van der Waals surface area contributed by atoms with Crippen molar-refractivity contribution in [1.29, 1.82) is 0 Å². The van der Waals surface area contributed by atoms with E-state index >= 15 is 0 Å². The van der Waals surface area contributed by atoms with Crippen molar-refractivity contribution in [2.45, 2.75) is 32.0 Å². The van der Waals surface area contributed by atoms with E-state index in [9.17, 15) is 9.59 Å². The van der Waals surface area contributed by atoms with E-state index < -0.39 is 0 Å². The van der Waals surface area contributed by atoms with Crippen LogP contribution in [0, 0.1) is 13.8 Å². The molecule has 1 heterocycles. The van der Waals surface area contributed by atoms with Gasteiger partial charge in [-0.05, 0) is 68.3 Å². The zero-order chi connectivity index (χ0) is 23.3. The van der Waals surface area contributed by atoms with Crippen LogP contribution in [0.4, 0.5) is 5.69 Å². The molecule has 0 saturated carbocycles. The summed E-state index contributed by atoms with van der Waals surface area (Å²) in [5, 5.41) is 14.8. The number of benzene rings is 2. The van der Waals surface area contributed by atoms with E-state index in [4.69, 9.17) is 4.74 Å². The Morgan fingerprint density at radius 1 is 1.09 bits per heavy atom. The van der Waals surface area contributed by atoms with Crippen LogP contribution in [0.15, 0.2) is 47.6 Å². The van der Waals surface area contributed by atoms with Gasteiger partial charge in [0.2, 0.25) is 5.91 Å². The minimum Gasteiger partial charge on any atom is -0.497 e. The van der Waals surface area contributed by atoms with Gasteiger partial charge in [-0.15, -0.1) is 10.2 Å². The topological polar surface area (TPSA) is 98.1 Å². The first-order chi connectivity index (χ1) is 15.3. The number of nitrogens with zero attached hydrogens (tertiary/aromatic N) is 3. The molecule has 2 amide bonds. The van der Waals surface area contributed by atoms with E-state index in [2.05, 4.69) is 20.8 Å². The molecule has 1 aromatic heterocycles. The standard InChI is InChI=1S/C23H27N5O3S/c1-14-6-9-18(12-15(14)2)25-20(29)13-32-23-27-26-21(28(23)4)16(3)24-22(30)17-7-10-19(31-5)11-8-17/h6-12,16H,13H2,1-5H3,(H,24,30)(H,25,29)/t16-/m0/s1. The van der Waals surface area contributed by atoms with Gasteiger partial charge in [-0.3, -0.25) is 9.59 Å². The maximum Gasteiger partial charge on any atom is 0.251 e. The number of amides is 2. The Labute approximate surface area is 191 Å². The van der Waals surface area contributed by atoms with Crippen molar-refractivity contribution >= 4 is 29.3 Å². The molecule has 2 aromatic carbocycles. The van der Waals surface area contributed by atoms with Gasteiger partial charge < -0.3 is 19.9 Å². The smallest absolute Gasteiger partial charge is 0.251 e. The molecule has 0 unspecified atom stereocenters. The number of carbonyl (C=O) groups excluding carboxylic acids is 2. The molecule has 0 saturated heterocycles. The number of aryl methyl sites for hydroxylation is 2. The molecule has 3 rings (SSSR count). The van der Waals surface area contributed by atoms with Crippen LogP contribution >= 0.6 is 11.8 Å². The van der Waals surface area contributed by atoms with Crippen LogP contribution in [0.25, 0.3) is 0 Å². The number of rotatable bonds is 8. The molecule has 0 aliphatic carbocycles. The SMILES string of the molecule is COc1ccc(C(=O)N[C@@H](C)c2nnc(SCC(=O)Nc3ccc(C)c(C)c3)n2C)cc1. The van der Waals surface area contributed by atoms with E-state index in [1.54, 1.807) is 35.9 Å². The number of aromatic nitrogens is 3. The quantitative estimate of drug-likeness (QED) is 0.505. The molecule has 0 fully saturated rings. The summed E-state index contributed by atoms with van der Waals surface area (Å²) in [5.74, 6) is 1.15. The van der Waals surface area contributed by atoms with Crippen LogP contribution in [0.5, 0.6) is 5.75 Å². The van der Waals surface area contributed by atoms with Crippen LogP contribution in [-0.4, -0.2) is 39.4 Å². The third-order valence-electron chi connectivity index (χ3n) is 5.08. The second-order valence-electron chi connectivity index (χ2n) is 7.46. The Kier molecular flexibility index (Phi) is 7.53. The van der Waals surface area contributed by atoms with Gasteiger partial charge in [0.15, 0.2) is 11.0 Å². The molecule has 168 valence electrons. The summed E-state index contributed by atoms with van der Waals surface area (Å²) in [7, 11) is 3.39. The molecule has 0 aliphatic heterocycles. The van der Waals surface area contributed by atoms with Crippen molar-refractivity contribution in [3.8, 4) is 5.75 Å². The first-order valence-electron chi connectivity index (χ1n) is 10.1. The van der Waals surface area contributed by atoms with Crippen LogP contribution in [0.2, 0.25) is 0 Å². The van der Waals surface area contributed by atoms with Gasteiger partial charge in [-0.1, -0.05) is 17.8 Å². The summed E-state index contributed by atoms with van der Waals surface area (Å²) >= 11 is 1.29. The summed E-state index contributed by atoms with van der Waals surface area (Å²) in [5.41, 5.74) is 3.60. The maximum atomic E-state index is 12.5. The van der Waals surface area contributed by atoms with Crippen LogP contribution in [0.1, 0.15) is 40.3 Å². The highest BCUT2D eigenvalue weighted by Gasteiger charge is 2.19. The normalized spacial score (nSPS) is 11.7. The number of anilines is 1. The molecule has 0 bridgehead atoms. The molecule has 0 radical (unpaired) electrons. The van der Waals surface area contributed by atoms with Crippen molar-refractivity contribution in [3.05, 3.63) is 65.0 Å². The Hall–Kier alpha value is -3.33. The van der Waals surface area contributed by atoms with Crippen LogP contribution in [0.3, 0.4) is 0 Å². The summed E-state index contributed by atoms with van der Waals surface area (Å²) in [6.45, 7) is 5.88. The second kappa shape index (κ2) is 10.3. The van der Waals surface area contributed by atoms with Gasteiger partial charge in [0.1, 0.15) is 5.75 Å². The van der Waals surface area contributed by atoms with Gasteiger partial charge in [0, 0.05) is 18.3 Å². The Balaban J connectivity index is 1.57. The van der Waals surface area contributed by atoms with E-state index in [1.807, 2.05) is 46.0 Å². The lowest BCUT2D eigenvalue weighted by atomic mass is 10.1. The number of ether oxygens (including phenoxy) is 1. The first kappa shape index (κ1) is 23.3. The monoisotopic (exact) mass is 453 g/mol. The zero-order valence-corrected chi connectivity index (χ0v) is 19.6. The number of nitrogens with one attached hydrogen (secondary N) is 2. The van der Waals surface area contributed by atoms with Crippen molar-refractivity contribution in [1.82, 2.24) is 20.1 Å². The third kappa shape index (κ3) is 5.67. The average molecular weight is 454 g/mol. The fourth-order valence-electron chi connectivity index (χ4n) is 3.06. The molecule has 9 heteroatoms. The van der Waals surface area contributed by atoms with E-state index in [0.717, 1.165) is 11.3 Å². The summed E-state index contributed by atoms with van der Waals surface area (Å²) in [6.07, 6.45) is 0. The number of methoxy groups -OCH3 is 1. The Morgan fingerprint density at radius 2 is 1.81 bits per heavy atom. The predicted octanol–water partition coefficient (Wildman–Crippen LogP) is 3.66. The van der Waals surface area contributed by atoms with Gasteiger partial charge >= 0.3 is 0 Å². The summed E-state index contributed by atoms with van der Waals surface area (Å²) in [4.78, 5) is 24.8. The van der Waals surface area contributed by atoms with E-state index in [1.165, 1.54) is 17.3 Å². The van der Waals surface area contributed by atoms with Gasteiger partial charge in [0.25, 0.3) is 5.91 Å². The second-order valence-corrected chi connectivity index (χ2v) is 8.40. The van der Waals surface area contributed by atoms with Crippen LogP contribution in [-0.2, 0) is 11.8 Å². The van der Waals surface area contributed by atoms with Crippen molar-refractivity contribution in [2.24, 2.45) is 7.05 Å². The molecule has 3 aromatic rings. The van der Waals surface area contributed by atoms with Gasteiger partial charge in [-0.25, -0.2) is 0 Å². The van der Waals surface area contributed by atoms with Crippen molar-refractivity contribution < 1.29 is 14.3 Å². The molecule has 8 nitrogen and oxygen atoms in total. The molecule has 1 atom stereocenters. The van der Waals surface area contributed by atoms with Crippen molar-refractivity contribution in [2.75, 3.05) is 18.2 Å². The minimum atomic E-state index is -0.360. The predicted molar refractivity (Wildman–Crippen MR) is 125 cm³/mol. The summed E-state index contributed by atoms with van der Waals surface area (Å²) in [6, 6.07) is 12.3. The van der Waals surface area contributed by atoms with Gasteiger partial charge in [-0.2, -0.15) is 0 Å². The largest absolute Gasteiger partial charge is 0.497 e. The third-order valence-corrected chi connectivity index (χ3v) is 6.10. The molecule has 32 heavy (non-hydrogen) atoms. The van der Waals surface area contributed by atoms with Crippen molar-refractivity contribution in [3.63, 3.8) is 0 Å². The zero-order valence-electron chi connectivity index (χ0n) is 18.8. The molecule has 0 aliphatic rings. The van der Waals surface area contributed by atoms with Crippen LogP contribution < -0.4 is 15.4 Å². The highest BCUT2D eigenvalue weighted by molar-refractivity contribution is 7.99. The molecule has 0 spiro atoms. The average Bonchev–Trinajstić information content (AvgIpc) is 3.15. The Morgan fingerprint density at radius 3 is 2.47 bits per heavy atom. The highest BCUT2D eigenvalue weighted by atomic mass is 32.2. The number of hydrogen-bond donors (Lipinski definition) is 2. The lowest BCUT2D eigenvalue weighted by molar-refractivity contribution is -0.113. The number of carbonyl (C=O) groups is 2. The van der Waals surface area contributed by atoms with E-state index in [-0.39, 0.29) is 23.6 Å². The highest BCUT2D eigenvalue weighted by Crippen LogP contribution is 2.21. The fourth-order valence-corrected chi connectivity index (χ4v) is 3.78. The molecule has 2 N–H and O–H groups in total. The number of thioether (sulfide) groups is 1.